The van der Waals surface area contributed by atoms with Crippen molar-refractivity contribution in [3.8, 4) is 0 Å². The van der Waals surface area contributed by atoms with Gasteiger partial charge in [0, 0.05) is 30.5 Å². The summed E-state index contributed by atoms with van der Waals surface area (Å²) in [6.45, 7) is 1.76. The van der Waals surface area contributed by atoms with Crippen LogP contribution < -0.4 is 5.32 Å². The zero-order valence-electron chi connectivity index (χ0n) is 15.2. The van der Waals surface area contributed by atoms with Gasteiger partial charge in [0.05, 0.1) is 6.54 Å². The zero-order chi connectivity index (χ0) is 17.6. The summed E-state index contributed by atoms with van der Waals surface area (Å²) in [6, 6.07) is 10.0. The summed E-state index contributed by atoms with van der Waals surface area (Å²) < 4.78 is 1.88. The Bertz CT molecular complexity index is 664. The summed E-state index contributed by atoms with van der Waals surface area (Å²) in [6.07, 6.45) is 8.48. The van der Waals surface area contributed by atoms with Gasteiger partial charge in [0.1, 0.15) is 0 Å². The second-order valence-corrected chi connectivity index (χ2v) is 7.29. The molecule has 0 spiro atoms. The van der Waals surface area contributed by atoms with Crippen LogP contribution in [-0.4, -0.2) is 47.3 Å². The number of hydrogen-bond acceptors (Lipinski definition) is 3. The van der Waals surface area contributed by atoms with Crippen molar-refractivity contribution in [1.82, 2.24) is 20.0 Å². The molecule has 0 aliphatic heterocycles. The number of rotatable bonds is 6. The molecule has 1 aliphatic rings. The molecule has 1 heterocycles. The fourth-order valence-electron chi connectivity index (χ4n) is 3.68. The normalized spacial score (nSPS) is 20.6. The predicted octanol–water partition coefficient (Wildman–Crippen LogP) is 2.78. The van der Waals surface area contributed by atoms with E-state index in [0.29, 0.717) is 5.92 Å². The predicted molar refractivity (Wildman–Crippen MR) is 99.5 cm³/mol. The van der Waals surface area contributed by atoms with Crippen molar-refractivity contribution in [3.63, 3.8) is 0 Å². The molecule has 2 atom stereocenters. The van der Waals surface area contributed by atoms with E-state index in [4.69, 9.17) is 0 Å². The lowest BCUT2D eigenvalue weighted by atomic mass is 9.84. The van der Waals surface area contributed by atoms with Crippen LogP contribution in [0.25, 0.3) is 0 Å². The van der Waals surface area contributed by atoms with Crippen LogP contribution in [0, 0.1) is 5.92 Å². The molecule has 1 amide bonds. The minimum atomic E-state index is 0.0429. The first-order valence-electron chi connectivity index (χ1n) is 9.14. The Labute approximate surface area is 150 Å². The van der Waals surface area contributed by atoms with Crippen molar-refractivity contribution < 1.29 is 4.79 Å². The van der Waals surface area contributed by atoms with Gasteiger partial charge in [0.25, 0.3) is 5.91 Å². The van der Waals surface area contributed by atoms with Crippen molar-refractivity contribution in [2.45, 2.75) is 38.3 Å². The lowest BCUT2D eigenvalue weighted by Gasteiger charge is -2.34. The van der Waals surface area contributed by atoms with Crippen molar-refractivity contribution >= 4 is 5.91 Å². The Morgan fingerprint density at radius 1 is 1.24 bits per heavy atom. The van der Waals surface area contributed by atoms with Gasteiger partial charge >= 0.3 is 0 Å². The van der Waals surface area contributed by atoms with Gasteiger partial charge in [-0.2, -0.15) is 5.10 Å². The standard InChI is InChI=1S/C20H28N4O/c1-23(2)15-18-6-3-4-7-19(18)22-20(25)17-10-8-16(9-11-17)14-24-13-5-12-21-24/h5,8-13,18-19H,3-4,6-7,14-15H2,1-2H3,(H,22,25). The molecule has 0 radical (unpaired) electrons. The second kappa shape index (κ2) is 8.30. The molecule has 25 heavy (non-hydrogen) atoms. The lowest BCUT2D eigenvalue weighted by Crippen LogP contribution is -2.45. The third-order valence-electron chi connectivity index (χ3n) is 4.95. The summed E-state index contributed by atoms with van der Waals surface area (Å²) >= 11 is 0. The Morgan fingerprint density at radius 2 is 2.00 bits per heavy atom. The number of amides is 1. The topological polar surface area (TPSA) is 50.2 Å². The Morgan fingerprint density at radius 3 is 2.68 bits per heavy atom. The first kappa shape index (κ1) is 17.7. The summed E-state index contributed by atoms with van der Waals surface area (Å²) in [5.41, 5.74) is 1.88. The van der Waals surface area contributed by atoms with Crippen molar-refractivity contribution in [2.75, 3.05) is 20.6 Å². The lowest BCUT2D eigenvalue weighted by molar-refractivity contribution is 0.0895. The average Bonchev–Trinajstić information content (AvgIpc) is 3.10. The number of nitrogens with zero attached hydrogens (tertiary/aromatic N) is 3. The van der Waals surface area contributed by atoms with Crippen LogP contribution in [0.5, 0.6) is 0 Å². The van der Waals surface area contributed by atoms with Crippen LogP contribution in [-0.2, 0) is 6.54 Å². The monoisotopic (exact) mass is 340 g/mol. The van der Waals surface area contributed by atoms with Crippen molar-refractivity contribution in [3.05, 3.63) is 53.9 Å². The summed E-state index contributed by atoms with van der Waals surface area (Å²) in [7, 11) is 4.21. The highest BCUT2D eigenvalue weighted by Gasteiger charge is 2.27. The maximum absolute atomic E-state index is 12.6. The maximum atomic E-state index is 12.6. The highest BCUT2D eigenvalue weighted by Crippen LogP contribution is 2.25. The molecule has 0 bridgehead atoms. The highest BCUT2D eigenvalue weighted by atomic mass is 16.1. The smallest absolute Gasteiger partial charge is 0.251 e. The van der Waals surface area contributed by atoms with E-state index in [9.17, 15) is 4.79 Å². The van der Waals surface area contributed by atoms with E-state index in [2.05, 4.69) is 29.4 Å². The first-order valence-corrected chi connectivity index (χ1v) is 9.14. The summed E-state index contributed by atoms with van der Waals surface area (Å²) in [5, 5.41) is 7.48. The first-order chi connectivity index (χ1) is 12.1. The second-order valence-electron chi connectivity index (χ2n) is 7.29. The molecule has 134 valence electrons. The van der Waals surface area contributed by atoms with Crippen LogP contribution in [0.15, 0.2) is 42.7 Å². The minimum Gasteiger partial charge on any atom is -0.349 e. The van der Waals surface area contributed by atoms with Gasteiger partial charge in [-0.3, -0.25) is 9.48 Å². The van der Waals surface area contributed by atoms with Gasteiger partial charge in [0.2, 0.25) is 0 Å². The molecular formula is C20H28N4O. The molecular weight excluding hydrogens is 312 g/mol. The van der Waals surface area contributed by atoms with E-state index in [-0.39, 0.29) is 11.9 Å². The number of carbonyl (C=O) groups is 1. The fraction of sp³-hybridized carbons (Fsp3) is 0.500. The Hall–Kier alpha value is -2.14. The Kier molecular flexibility index (Phi) is 5.87. The zero-order valence-corrected chi connectivity index (χ0v) is 15.2. The number of hydrogen-bond donors (Lipinski definition) is 1. The number of benzene rings is 1. The van der Waals surface area contributed by atoms with Gasteiger partial charge in [-0.1, -0.05) is 25.0 Å². The van der Waals surface area contributed by atoms with E-state index >= 15 is 0 Å². The number of nitrogens with one attached hydrogen (secondary N) is 1. The number of carbonyl (C=O) groups excluding carboxylic acids is 1. The molecule has 1 aliphatic carbocycles. The van der Waals surface area contributed by atoms with Gasteiger partial charge in [-0.15, -0.1) is 0 Å². The van der Waals surface area contributed by atoms with Gasteiger partial charge < -0.3 is 10.2 Å². The van der Waals surface area contributed by atoms with Crippen LogP contribution in [0.3, 0.4) is 0 Å². The molecule has 1 N–H and O–H groups in total. The fourth-order valence-corrected chi connectivity index (χ4v) is 3.68. The molecule has 5 heteroatoms. The molecule has 1 aromatic carbocycles. The van der Waals surface area contributed by atoms with E-state index in [0.717, 1.165) is 30.6 Å². The number of aromatic nitrogens is 2. The van der Waals surface area contributed by atoms with E-state index in [1.165, 1.54) is 19.3 Å². The van der Waals surface area contributed by atoms with Gasteiger partial charge in [0.15, 0.2) is 0 Å². The third-order valence-corrected chi connectivity index (χ3v) is 4.95. The van der Waals surface area contributed by atoms with Crippen LogP contribution >= 0.6 is 0 Å². The van der Waals surface area contributed by atoms with Crippen LogP contribution in [0.4, 0.5) is 0 Å². The van der Waals surface area contributed by atoms with Crippen molar-refractivity contribution in [1.29, 1.82) is 0 Å². The molecule has 2 aromatic rings. The Balaban J connectivity index is 1.60. The summed E-state index contributed by atoms with van der Waals surface area (Å²) in [5.74, 6) is 0.591. The largest absolute Gasteiger partial charge is 0.349 e. The molecule has 2 unspecified atom stereocenters. The molecule has 5 nitrogen and oxygen atoms in total. The minimum absolute atomic E-state index is 0.0429. The van der Waals surface area contributed by atoms with E-state index in [1.807, 2.05) is 41.2 Å². The molecule has 1 saturated carbocycles. The van der Waals surface area contributed by atoms with Gasteiger partial charge in [-0.05, 0) is 56.6 Å². The van der Waals surface area contributed by atoms with Crippen LogP contribution in [0.2, 0.25) is 0 Å². The van der Waals surface area contributed by atoms with E-state index < -0.39 is 0 Å². The van der Waals surface area contributed by atoms with Gasteiger partial charge in [-0.25, -0.2) is 0 Å². The highest BCUT2D eigenvalue weighted by molar-refractivity contribution is 5.94. The van der Waals surface area contributed by atoms with Crippen molar-refractivity contribution in [2.24, 2.45) is 5.92 Å². The average molecular weight is 340 g/mol. The van der Waals surface area contributed by atoms with Crippen LogP contribution in [0.1, 0.15) is 41.6 Å². The molecule has 0 saturated heterocycles. The summed E-state index contributed by atoms with van der Waals surface area (Å²) in [4.78, 5) is 14.9. The third kappa shape index (κ3) is 4.92. The van der Waals surface area contributed by atoms with E-state index in [1.54, 1.807) is 6.20 Å². The quantitative estimate of drug-likeness (QED) is 0.880. The molecule has 1 fully saturated rings. The molecule has 1 aromatic heterocycles. The molecule has 3 rings (SSSR count). The maximum Gasteiger partial charge on any atom is 0.251 e. The SMILES string of the molecule is CN(C)CC1CCCCC1NC(=O)c1ccc(Cn2cccn2)cc1.